The van der Waals surface area contributed by atoms with Crippen LogP contribution >= 0.6 is 0 Å². The zero-order valence-corrected chi connectivity index (χ0v) is 16.9. The normalized spacial score (nSPS) is 18.7. The predicted molar refractivity (Wildman–Crippen MR) is 110 cm³/mol. The third-order valence-electron chi connectivity index (χ3n) is 6.29. The fourth-order valence-corrected chi connectivity index (χ4v) is 4.08. The van der Waals surface area contributed by atoms with Crippen LogP contribution in [0.2, 0.25) is 0 Å². The van der Waals surface area contributed by atoms with Crippen molar-refractivity contribution < 1.29 is 4.42 Å². The number of hydrogen-bond donors (Lipinski definition) is 0. The number of nitriles is 1. The minimum atomic E-state index is -0.297. The molecule has 3 heterocycles. The third-order valence-corrected chi connectivity index (χ3v) is 6.29. The molecule has 0 radical (unpaired) electrons. The zero-order chi connectivity index (χ0) is 20.0. The minimum absolute atomic E-state index is 0.297. The lowest BCUT2D eigenvalue weighted by Gasteiger charge is -2.35. The van der Waals surface area contributed by atoms with Crippen LogP contribution in [0.4, 0.5) is 5.82 Å². The highest BCUT2D eigenvalue weighted by Crippen LogP contribution is 2.48. The van der Waals surface area contributed by atoms with Crippen molar-refractivity contribution in [3.05, 3.63) is 47.2 Å². The SMILES string of the molecule is Cc1ncnc(N2CCN(Cc3nc4ccc(C5(C#N)CC5)cc4o3)CC2)c1C. The number of oxazole rings is 1. The highest BCUT2D eigenvalue weighted by Gasteiger charge is 2.45. The monoisotopic (exact) mass is 388 g/mol. The Hall–Kier alpha value is -2.98. The summed E-state index contributed by atoms with van der Waals surface area (Å²) in [5.74, 6) is 1.78. The van der Waals surface area contributed by atoms with Gasteiger partial charge in [-0.15, -0.1) is 0 Å². The molecule has 29 heavy (non-hydrogen) atoms. The Morgan fingerprint density at radius 3 is 2.66 bits per heavy atom. The van der Waals surface area contributed by atoms with Gasteiger partial charge in [0.15, 0.2) is 5.58 Å². The molecule has 1 aliphatic heterocycles. The molecule has 148 valence electrons. The molecule has 1 saturated carbocycles. The maximum Gasteiger partial charge on any atom is 0.209 e. The first-order chi connectivity index (χ1) is 14.1. The molecule has 0 N–H and O–H groups in total. The average molecular weight is 388 g/mol. The summed E-state index contributed by atoms with van der Waals surface area (Å²) in [4.78, 5) is 18.1. The lowest BCUT2D eigenvalue weighted by atomic mass is 9.98. The molecule has 1 saturated heterocycles. The van der Waals surface area contributed by atoms with Crippen LogP contribution < -0.4 is 4.90 Å². The van der Waals surface area contributed by atoms with E-state index in [0.29, 0.717) is 6.54 Å². The van der Waals surface area contributed by atoms with Crippen LogP contribution in [-0.2, 0) is 12.0 Å². The number of nitrogens with zero attached hydrogens (tertiary/aromatic N) is 6. The third kappa shape index (κ3) is 3.23. The van der Waals surface area contributed by atoms with Crippen LogP contribution in [0.1, 0.15) is 35.6 Å². The molecule has 7 nitrogen and oxygen atoms in total. The molecular weight excluding hydrogens is 364 g/mol. The van der Waals surface area contributed by atoms with E-state index in [1.807, 2.05) is 25.1 Å². The summed E-state index contributed by atoms with van der Waals surface area (Å²) < 4.78 is 6.03. The van der Waals surface area contributed by atoms with Crippen LogP contribution in [0, 0.1) is 25.2 Å². The number of aromatic nitrogens is 3. The Labute approximate surface area is 170 Å². The summed E-state index contributed by atoms with van der Waals surface area (Å²) in [5.41, 5.74) is 4.59. The lowest BCUT2D eigenvalue weighted by molar-refractivity contribution is 0.228. The molecule has 2 fully saturated rings. The molecule has 0 atom stereocenters. The van der Waals surface area contributed by atoms with E-state index in [2.05, 4.69) is 37.7 Å². The molecule has 1 aliphatic carbocycles. The second-order valence-electron chi connectivity index (χ2n) is 8.15. The molecule has 0 bridgehead atoms. The molecule has 5 rings (SSSR count). The smallest absolute Gasteiger partial charge is 0.209 e. The van der Waals surface area contributed by atoms with Gasteiger partial charge in [0.1, 0.15) is 17.7 Å². The lowest BCUT2D eigenvalue weighted by Crippen LogP contribution is -2.46. The van der Waals surface area contributed by atoms with Gasteiger partial charge in [0.25, 0.3) is 0 Å². The van der Waals surface area contributed by atoms with Gasteiger partial charge in [-0.05, 0) is 44.4 Å². The van der Waals surface area contributed by atoms with Crippen molar-refractivity contribution in [2.24, 2.45) is 0 Å². The summed E-state index contributed by atoms with van der Waals surface area (Å²) in [6.45, 7) is 8.52. The fourth-order valence-electron chi connectivity index (χ4n) is 4.08. The van der Waals surface area contributed by atoms with Crippen LogP contribution in [0.5, 0.6) is 0 Å². The second-order valence-corrected chi connectivity index (χ2v) is 8.15. The van der Waals surface area contributed by atoms with Crippen molar-refractivity contribution in [1.29, 1.82) is 5.26 Å². The Morgan fingerprint density at radius 1 is 1.14 bits per heavy atom. The molecule has 2 aliphatic rings. The van der Waals surface area contributed by atoms with Gasteiger partial charge in [0, 0.05) is 37.4 Å². The van der Waals surface area contributed by atoms with E-state index in [1.165, 1.54) is 0 Å². The van der Waals surface area contributed by atoms with Gasteiger partial charge in [0.05, 0.1) is 18.0 Å². The van der Waals surface area contributed by atoms with Crippen molar-refractivity contribution in [2.45, 2.75) is 38.6 Å². The maximum atomic E-state index is 9.42. The van der Waals surface area contributed by atoms with Crippen LogP contribution in [0.3, 0.4) is 0 Å². The highest BCUT2D eigenvalue weighted by atomic mass is 16.3. The summed E-state index contributed by atoms with van der Waals surface area (Å²) in [6.07, 6.45) is 3.52. The van der Waals surface area contributed by atoms with Crippen molar-refractivity contribution >= 4 is 16.9 Å². The van der Waals surface area contributed by atoms with Gasteiger partial charge in [0.2, 0.25) is 5.89 Å². The van der Waals surface area contributed by atoms with E-state index in [9.17, 15) is 5.26 Å². The Kier molecular flexibility index (Phi) is 4.25. The van der Waals surface area contributed by atoms with Crippen LogP contribution in [0.15, 0.2) is 28.9 Å². The maximum absolute atomic E-state index is 9.42. The van der Waals surface area contributed by atoms with Gasteiger partial charge < -0.3 is 9.32 Å². The summed E-state index contributed by atoms with van der Waals surface area (Å²) in [5, 5.41) is 9.42. The summed E-state index contributed by atoms with van der Waals surface area (Å²) >= 11 is 0. The largest absolute Gasteiger partial charge is 0.439 e. The Bertz CT molecular complexity index is 1100. The van der Waals surface area contributed by atoms with Gasteiger partial charge in [-0.3, -0.25) is 4.90 Å². The predicted octanol–water partition coefficient (Wildman–Crippen LogP) is 3.11. The first kappa shape index (κ1) is 18.1. The van der Waals surface area contributed by atoms with Crippen molar-refractivity contribution in [2.75, 3.05) is 31.1 Å². The number of fused-ring (bicyclic) bond motifs is 1. The van der Waals surface area contributed by atoms with Gasteiger partial charge >= 0.3 is 0 Å². The Morgan fingerprint density at radius 2 is 1.93 bits per heavy atom. The van der Waals surface area contributed by atoms with Crippen molar-refractivity contribution in [1.82, 2.24) is 19.9 Å². The topological polar surface area (TPSA) is 82.1 Å². The van der Waals surface area contributed by atoms with E-state index < -0.39 is 0 Å². The van der Waals surface area contributed by atoms with Gasteiger partial charge in [-0.1, -0.05) is 6.07 Å². The van der Waals surface area contributed by atoms with E-state index in [4.69, 9.17) is 4.42 Å². The molecule has 0 amide bonds. The van der Waals surface area contributed by atoms with E-state index in [-0.39, 0.29) is 5.41 Å². The summed E-state index contributed by atoms with van der Waals surface area (Å²) in [7, 11) is 0. The van der Waals surface area contributed by atoms with E-state index in [1.54, 1.807) is 6.33 Å². The molecule has 1 aromatic carbocycles. The van der Waals surface area contributed by atoms with Crippen LogP contribution in [-0.4, -0.2) is 46.0 Å². The second kappa shape index (κ2) is 6.82. The number of rotatable bonds is 4. The quantitative estimate of drug-likeness (QED) is 0.679. The number of aryl methyl sites for hydroxylation is 1. The number of anilines is 1. The Balaban J connectivity index is 1.26. The minimum Gasteiger partial charge on any atom is -0.439 e. The number of piperazine rings is 1. The van der Waals surface area contributed by atoms with Crippen molar-refractivity contribution in [3.63, 3.8) is 0 Å². The van der Waals surface area contributed by atoms with Gasteiger partial charge in [-0.25, -0.2) is 15.0 Å². The van der Waals surface area contributed by atoms with E-state index >= 15 is 0 Å². The van der Waals surface area contributed by atoms with Crippen molar-refractivity contribution in [3.8, 4) is 6.07 Å². The number of benzene rings is 1. The molecule has 0 unspecified atom stereocenters. The molecule has 3 aromatic rings. The molecule has 2 aromatic heterocycles. The molecule has 0 spiro atoms. The average Bonchev–Trinajstić information content (AvgIpc) is 3.44. The highest BCUT2D eigenvalue weighted by molar-refractivity contribution is 5.74. The first-order valence-corrected chi connectivity index (χ1v) is 10.1. The zero-order valence-electron chi connectivity index (χ0n) is 16.9. The first-order valence-electron chi connectivity index (χ1n) is 10.1. The summed E-state index contributed by atoms with van der Waals surface area (Å²) in [6, 6.07) is 8.45. The van der Waals surface area contributed by atoms with Crippen LogP contribution in [0.25, 0.3) is 11.1 Å². The standard InChI is InChI=1S/C22H24N6O/c1-15-16(2)24-14-25-21(15)28-9-7-27(8-10-28)12-20-26-18-4-3-17(11-19(18)29-20)22(13-23)5-6-22/h3-4,11,14H,5-10,12H2,1-2H3. The number of hydrogen-bond acceptors (Lipinski definition) is 7. The fraction of sp³-hybridized carbons (Fsp3) is 0.455. The molecular formula is C22H24N6O. The molecule has 7 heteroatoms. The van der Waals surface area contributed by atoms with E-state index in [0.717, 1.165) is 78.6 Å². The van der Waals surface area contributed by atoms with Gasteiger partial charge in [-0.2, -0.15) is 5.26 Å².